The van der Waals surface area contributed by atoms with Gasteiger partial charge in [0, 0.05) is 11.2 Å². The molecule has 1 aliphatic rings. The maximum Gasteiger partial charge on any atom is 0.126 e. The lowest BCUT2D eigenvalue weighted by Crippen LogP contribution is -2.18. The van der Waals surface area contributed by atoms with Gasteiger partial charge >= 0.3 is 0 Å². The summed E-state index contributed by atoms with van der Waals surface area (Å²) in [6.07, 6.45) is 2.19. The lowest BCUT2D eigenvalue weighted by Gasteiger charge is -2.31. The molecule has 4 aromatic carbocycles. The molecule has 0 amide bonds. The van der Waals surface area contributed by atoms with E-state index in [1.54, 1.807) is 7.11 Å². The molecule has 146 valence electrons. The molecule has 0 saturated carbocycles. The van der Waals surface area contributed by atoms with Crippen molar-refractivity contribution in [3.8, 4) is 0 Å². The quantitative estimate of drug-likeness (QED) is 0.358. The second-order valence-electron chi connectivity index (χ2n) is 7.37. The van der Waals surface area contributed by atoms with Crippen LogP contribution in [0.5, 0.6) is 0 Å². The Balaban J connectivity index is 1.83. The highest BCUT2D eigenvalue weighted by Gasteiger charge is 2.33. The highest BCUT2D eigenvalue weighted by molar-refractivity contribution is 7.73. The normalized spacial score (nSPS) is 15.0. The molecule has 1 atom stereocenters. The third kappa shape index (κ3) is 3.36. The monoisotopic (exact) mass is 406 g/mol. The molecule has 0 fully saturated rings. The number of rotatable bonds is 4. The predicted octanol–water partition coefficient (Wildman–Crippen LogP) is 6.37. The molecule has 0 bridgehead atoms. The van der Waals surface area contributed by atoms with E-state index in [1.807, 2.05) is 0 Å². The van der Waals surface area contributed by atoms with Gasteiger partial charge in [0.05, 0.1) is 7.11 Å². The van der Waals surface area contributed by atoms with Crippen molar-refractivity contribution in [3.05, 3.63) is 131 Å². The first-order chi connectivity index (χ1) is 14.9. The second kappa shape index (κ2) is 8.30. The minimum Gasteiger partial charge on any atom is -0.496 e. The van der Waals surface area contributed by atoms with Crippen LogP contribution in [0.25, 0.3) is 11.8 Å². The standard InChI is InChI=1S/C28H23OP/c1-29-27-20-21-12-8-9-17-24(21)28(26-19-11-10-18-25(26)27)30(22-13-4-2-5-14-22)23-15-6-3-7-16-23/h2-20,28H,1H3. The Morgan fingerprint density at radius 3 is 1.77 bits per heavy atom. The van der Waals surface area contributed by atoms with Crippen molar-refractivity contribution in [2.45, 2.75) is 5.66 Å². The smallest absolute Gasteiger partial charge is 0.126 e. The first kappa shape index (κ1) is 18.9. The summed E-state index contributed by atoms with van der Waals surface area (Å²) in [4.78, 5) is 0. The Morgan fingerprint density at radius 2 is 1.13 bits per heavy atom. The van der Waals surface area contributed by atoms with E-state index in [0.717, 1.165) is 5.76 Å². The number of fused-ring (bicyclic) bond motifs is 2. The zero-order valence-corrected chi connectivity index (χ0v) is 17.8. The van der Waals surface area contributed by atoms with Crippen LogP contribution in [-0.4, -0.2) is 7.11 Å². The third-order valence-corrected chi connectivity index (χ3v) is 8.43. The molecule has 4 aromatic rings. The number of hydrogen-bond acceptors (Lipinski definition) is 1. The Bertz CT molecular complexity index is 1140. The van der Waals surface area contributed by atoms with Gasteiger partial charge < -0.3 is 4.74 Å². The number of benzene rings is 4. The van der Waals surface area contributed by atoms with Crippen LogP contribution >= 0.6 is 7.92 Å². The summed E-state index contributed by atoms with van der Waals surface area (Å²) in [5, 5.41) is 2.77. The predicted molar refractivity (Wildman–Crippen MR) is 129 cm³/mol. The van der Waals surface area contributed by atoms with Crippen LogP contribution in [0, 0.1) is 0 Å². The SMILES string of the molecule is COC1=Cc2ccccc2C(P(c2ccccc2)c2ccccc2)c2ccccc21. The van der Waals surface area contributed by atoms with Gasteiger partial charge in [-0.05, 0) is 41.3 Å². The average Bonchev–Trinajstić information content (AvgIpc) is 2.96. The van der Waals surface area contributed by atoms with Gasteiger partial charge in [-0.3, -0.25) is 0 Å². The van der Waals surface area contributed by atoms with Crippen LogP contribution in [0.15, 0.2) is 109 Å². The molecule has 0 radical (unpaired) electrons. The third-order valence-electron chi connectivity index (χ3n) is 5.64. The van der Waals surface area contributed by atoms with E-state index in [0.29, 0.717) is 0 Å². The van der Waals surface area contributed by atoms with Gasteiger partial charge in [0.15, 0.2) is 0 Å². The Morgan fingerprint density at radius 1 is 0.600 bits per heavy atom. The molecular formula is C28H23OP. The summed E-state index contributed by atoms with van der Waals surface area (Å²) in [7, 11) is 1.09. The van der Waals surface area contributed by atoms with Crippen molar-refractivity contribution < 1.29 is 4.74 Å². The van der Waals surface area contributed by atoms with E-state index in [4.69, 9.17) is 4.74 Å². The molecule has 0 aromatic heterocycles. The lowest BCUT2D eigenvalue weighted by molar-refractivity contribution is 0.372. The van der Waals surface area contributed by atoms with Gasteiger partial charge in [-0.25, -0.2) is 0 Å². The van der Waals surface area contributed by atoms with Gasteiger partial charge in [-0.2, -0.15) is 0 Å². The van der Waals surface area contributed by atoms with Crippen molar-refractivity contribution in [3.63, 3.8) is 0 Å². The number of hydrogen-bond donors (Lipinski definition) is 0. The summed E-state index contributed by atoms with van der Waals surface area (Å²) in [6.45, 7) is 0. The Kier molecular flexibility index (Phi) is 5.22. The van der Waals surface area contributed by atoms with Crippen LogP contribution in [0.1, 0.15) is 27.9 Å². The van der Waals surface area contributed by atoms with Gasteiger partial charge in [-0.15, -0.1) is 0 Å². The molecule has 2 heteroatoms. The lowest BCUT2D eigenvalue weighted by atomic mass is 9.99. The molecule has 1 aliphatic carbocycles. The molecular weight excluding hydrogens is 383 g/mol. The molecule has 0 N–H and O–H groups in total. The van der Waals surface area contributed by atoms with Crippen molar-refractivity contribution in [2.75, 3.05) is 7.11 Å². The van der Waals surface area contributed by atoms with Gasteiger partial charge in [0.1, 0.15) is 5.76 Å². The van der Waals surface area contributed by atoms with Crippen LogP contribution in [0.4, 0.5) is 0 Å². The first-order valence-corrected chi connectivity index (χ1v) is 11.6. The van der Waals surface area contributed by atoms with E-state index in [-0.39, 0.29) is 5.66 Å². The van der Waals surface area contributed by atoms with E-state index in [1.165, 1.54) is 32.9 Å². The highest BCUT2D eigenvalue weighted by Crippen LogP contribution is 2.56. The molecule has 0 aliphatic heterocycles. The fourth-order valence-corrected chi connectivity index (χ4v) is 7.21. The minimum atomic E-state index is -0.672. The van der Waals surface area contributed by atoms with Crippen molar-refractivity contribution in [2.24, 2.45) is 0 Å². The molecule has 30 heavy (non-hydrogen) atoms. The van der Waals surface area contributed by atoms with Gasteiger partial charge in [0.2, 0.25) is 0 Å². The highest BCUT2D eigenvalue weighted by atomic mass is 31.1. The van der Waals surface area contributed by atoms with Crippen LogP contribution in [0.3, 0.4) is 0 Å². The Labute approximate surface area is 179 Å². The Hall–Kier alpha value is -3.15. The number of methoxy groups -OCH3 is 1. The van der Waals surface area contributed by atoms with Crippen molar-refractivity contribution in [1.82, 2.24) is 0 Å². The fraction of sp³-hybridized carbons (Fsp3) is 0.0714. The van der Waals surface area contributed by atoms with Crippen LogP contribution in [-0.2, 0) is 4.74 Å². The van der Waals surface area contributed by atoms with E-state index in [9.17, 15) is 0 Å². The summed E-state index contributed by atoms with van der Waals surface area (Å²) in [6, 6.07) is 39.4. The average molecular weight is 406 g/mol. The fourth-order valence-electron chi connectivity index (χ4n) is 4.31. The minimum absolute atomic E-state index is 0.237. The zero-order valence-electron chi connectivity index (χ0n) is 16.9. The van der Waals surface area contributed by atoms with E-state index < -0.39 is 7.92 Å². The van der Waals surface area contributed by atoms with Gasteiger partial charge in [-0.1, -0.05) is 109 Å². The van der Waals surface area contributed by atoms with E-state index in [2.05, 4.69) is 115 Å². The van der Waals surface area contributed by atoms with Crippen LogP contribution < -0.4 is 10.6 Å². The summed E-state index contributed by atoms with van der Waals surface area (Å²) >= 11 is 0. The maximum absolute atomic E-state index is 5.86. The number of ether oxygens (including phenoxy) is 1. The zero-order chi connectivity index (χ0) is 20.3. The second-order valence-corrected chi connectivity index (χ2v) is 9.66. The summed E-state index contributed by atoms with van der Waals surface area (Å²) in [5.74, 6) is 0.927. The molecule has 0 saturated heterocycles. The maximum atomic E-state index is 5.86. The molecule has 1 nitrogen and oxygen atoms in total. The molecule has 0 spiro atoms. The molecule has 5 rings (SSSR count). The summed E-state index contributed by atoms with van der Waals surface area (Å²) in [5.41, 5.74) is 5.33. The first-order valence-electron chi connectivity index (χ1n) is 10.2. The molecule has 0 heterocycles. The van der Waals surface area contributed by atoms with Crippen molar-refractivity contribution in [1.29, 1.82) is 0 Å². The van der Waals surface area contributed by atoms with Gasteiger partial charge in [0.25, 0.3) is 0 Å². The molecule has 1 unspecified atom stereocenters. The van der Waals surface area contributed by atoms with Crippen LogP contribution in [0.2, 0.25) is 0 Å². The topological polar surface area (TPSA) is 9.23 Å². The van der Waals surface area contributed by atoms with E-state index >= 15 is 0 Å². The summed E-state index contributed by atoms with van der Waals surface area (Å²) < 4.78 is 5.86. The van der Waals surface area contributed by atoms with Crippen molar-refractivity contribution >= 4 is 30.4 Å². The largest absolute Gasteiger partial charge is 0.496 e.